The maximum atomic E-state index is 12.2. The molecule has 1 aliphatic rings. The lowest BCUT2D eigenvalue weighted by molar-refractivity contribution is -0.139. The SMILES string of the molecule is CC(C)C(N)C(=O)N1CC(C(N)=O)CCC1C. The highest BCUT2D eigenvalue weighted by Gasteiger charge is 2.34. The normalized spacial score (nSPS) is 27.0. The van der Waals surface area contributed by atoms with Crippen molar-refractivity contribution in [3.63, 3.8) is 0 Å². The summed E-state index contributed by atoms with van der Waals surface area (Å²) >= 11 is 0. The lowest BCUT2D eigenvalue weighted by Crippen LogP contribution is -2.54. The first kappa shape index (κ1) is 14.0. The van der Waals surface area contributed by atoms with Crippen LogP contribution in [0.15, 0.2) is 0 Å². The van der Waals surface area contributed by atoms with Crippen molar-refractivity contribution in [2.75, 3.05) is 6.54 Å². The second-order valence-corrected chi connectivity index (χ2v) is 5.29. The van der Waals surface area contributed by atoms with Crippen LogP contribution in [0.25, 0.3) is 0 Å². The molecule has 98 valence electrons. The molecule has 0 radical (unpaired) electrons. The minimum atomic E-state index is -0.496. The molecule has 0 saturated carbocycles. The van der Waals surface area contributed by atoms with Crippen LogP contribution in [0, 0.1) is 11.8 Å². The van der Waals surface area contributed by atoms with Crippen molar-refractivity contribution < 1.29 is 9.59 Å². The quantitative estimate of drug-likeness (QED) is 0.733. The number of hydrogen-bond acceptors (Lipinski definition) is 3. The average Bonchev–Trinajstić information content (AvgIpc) is 2.27. The van der Waals surface area contributed by atoms with E-state index in [0.717, 1.165) is 12.8 Å². The van der Waals surface area contributed by atoms with Crippen molar-refractivity contribution in [1.82, 2.24) is 4.90 Å². The fourth-order valence-corrected chi connectivity index (χ4v) is 2.12. The van der Waals surface area contributed by atoms with E-state index in [9.17, 15) is 9.59 Å². The number of carbonyl (C=O) groups is 2. The Kier molecular flexibility index (Phi) is 4.51. The summed E-state index contributed by atoms with van der Waals surface area (Å²) in [6.45, 7) is 6.24. The predicted octanol–water partition coefficient (Wildman–Crippen LogP) is 0.0821. The first-order chi connectivity index (χ1) is 7.84. The molecule has 1 fully saturated rings. The zero-order valence-corrected chi connectivity index (χ0v) is 10.8. The molecule has 0 aromatic rings. The Balaban J connectivity index is 2.73. The molecule has 3 atom stereocenters. The topological polar surface area (TPSA) is 89.4 Å². The van der Waals surface area contributed by atoms with Gasteiger partial charge >= 0.3 is 0 Å². The Morgan fingerprint density at radius 2 is 1.88 bits per heavy atom. The molecule has 1 rings (SSSR count). The van der Waals surface area contributed by atoms with E-state index >= 15 is 0 Å². The molecule has 5 nitrogen and oxygen atoms in total. The number of nitrogens with zero attached hydrogens (tertiary/aromatic N) is 1. The summed E-state index contributed by atoms with van der Waals surface area (Å²) in [5.74, 6) is -0.524. The van der Waals surface area contributed by atoms with Gasteiger partial charge in [0.05, 0.1) is 12.0 Å². The van der Waals surface area contributed by atoms with E-state index in [1.54, 1.807) is 4.90 Å². The highest BCUT2D eigenvalue weighted by Crippen LogP contribution is 2.22. The number of carbonyl (C=O) groups excluding carboxylic acids is 2. The molecule has 0 aromatic carbocycles. The molecular formula is C12H23N3O2. The molecule has 1 heterocycles. The van der Waals surface area contributed by atoms with Crippen LogP contribution in [-0.2, 0) is 9.59 Å². The number of hydrogen-bond donors (Lipinski definition) is 2. The van der Waals surface area contributed by atoms with Gasteiger partial charge in [0.25, 0.3) is 0 Å². The fourth-order valence-electron chi connectivity index (χ4n) is 2.12. The van der Waals surface area contributed by atoms with Gasteiger partial charge in [0.2, 0.25) is 11.8 Å². The van der Waals surface area contributed by atoms with Gasteiger partial charge in [0.1, 0.15) is 0 Å². The number of likely N-dealkylation sites (tertiary alicyclic amines) is 1. The number of piperidine rings is 1. The van der Waals surface area contributed by atoms with Gasteiger partial charge in [0, 0.05) is 12.6 Å². The Morgan fingerprint density at radius 1 is 1.29 bits per heavy atom. The second kappa shape index (κ2) is 5.49. The van der Waals surface area contributed by atoms with Crippen LogP contribution < -0.4 is 11.5 Å². The lowest BCUT2D eigenvalue weighted by Gasteiger charge is -2.38. The van der Waals surface area contributed by atoms with Gasteiger partial charge < -0.3 is 16.4 Å². The highest BCUT2D eigenvalue weighted by molar-refractivity contribution is 5.84. The number of rotatable bonds is 3. The first-order valence-electron chi connectivity index (χ1n) is 6.20. The minimum absolute atomic E-state index is 0.0709. The van der Waals surface area contributed by atoms with Gasteiger partial charge in [-0.05, 0) is 25.7 Å². The van der Waals surface area contributed by atoms with Gasteiger partial charge in [0.15, 0.2) is 0 Å². The van der Waals surface area contributed by atoms with Gasteiger partial charge in [-0.2, -0.15) is 0 Å². The summed E-state index contributed by atoms with van der Waals surface area (Å²) < 4.78 is 0. The standard InChI is InChI=1S/C12H23N3O2/c1-7(2)10(13)12(17)15-6-9(11(14)16)5-4-8(15)3/h7-10H,4-6,13H2,1-3H3,(H2,14,16). The third kappa shape index (κ3) is 3.19. The zero-order valence-electron chi connectivity index (χ0n) is 10.8. The van der Waals surface area contributed by atoms with Crippen LogP contribution in [-0.4, -0.2) is 35.3 Å². The average molecular weight is 241 g/mol. The van der Waals surface area contributed by atoms with Gasteiger partial charge in [-0.1, -0.05) is 13.8 Å². The van der Waals surface area contributed by atoms with Crippen molar-refractivity contribution in [3.8, 4) is 0 Å². The van der Waals surface area contributed by atoms with Crippen molar-refractivity contribution in [1.29, 1.82) is 0 Å². The summed E-state index contributed by atoms with van der Waals surface area (Å²) in [4.78, 5) is 25.1. The van der Waals surface area contributed by atoms with Crippen LogP contribution in [0.5, 0.6) is 0 Å². The molecule has 0 aliphatic carbocycles. The van der Waals surface area contributed by atoms with Gasteiger partial charge in [-0.25, -0.2) is 0 Å². The molecule has 0 spiro atoms. The maximum Gasteiger partial charge on any atom is 0.240 e. The number of primary amides is 1. The van der Waals surface area contributed by atoms with E-state index in [4.69, 9.17) is 11.5 Å². The third-order valence-corrected chi connectivity index (χ3v) is 3.57. The number of amides is 2. The van der Waals surface area contributed by atoms with Crippen LogP contribution in [0.1, 0.15) is 33.6 Å². The summed E-state index contributed by atoms with van der Waals surface area (Å²) in [5, 5.41) is 0. The van der Waals surface area contributed by atoms with E-state index in [2.05, 4.69) is 0 Å². The monoisotopic (exact) mass is 241 g/mol. The van der Waals surface area contributed by atoms with E-state index in [-0.39, 0.29) is 29.7 Å². The minimum Gasteiger partial charge on any atom is -0.369 e. The molecule has 4 N–H and O–H groups in total. The molecule has 0 bridgehead atoms. The zero-order chi connectivity index (χ0) is 13.2. The van der Waals surface area contributed by atoms with Crippen LogP contribution in [0.4, 0.5) is 0 Å². The Morgan fingerprint density at radius 3 is 2.35 bits per heavy atom. The van der Waals surface area contributed by atoms with Crippen molar-refractivity contribution >= 4 is 11.8 Å². The van der Waals surface area contributed by atoms with Crippen LogP contribution in [0.2, 0.25) is 0 Å². The maximum absolute atomic E-state index is 12.2. The summed E-state index contributed by atoms with van der Waals surface area (Å²) in [6, 6.07) is -0.355. The largest absolute Gasteiger partial charge is 0.369 e. The smallest absolute Gasteiger partial charge is 0.240 e. The number of nitrogens with two attached hydrogens (primary N) is 2. The highest BCUT2D eigenvalue weighted by atomic mass is 16.2. The first-order valence-corrected chi connectivity index (χ1v) is 6.20. The molecule has 17 heavy (non-hydrogen) atoms. The lowest BCUT2D eigenvalue weighted by atomic mass is 9.91. The molecular weight excluding hydrogens is 218 g/mol. The summed E-state index contributed by atoms with van der Waals surface area (Å²) in [6.07, 6.45) is 1.57. The molecule has 3 unspecified atom stereocenters. The van der Waals surface area contributed by atoms with Gasteiger partial charge in [-0.3, -0.25) is 9.59 Å². The molecule has 1 aliphatic heterocycles. The molecule has 1 saturated heterocycles. The predicted molar refractivity (Wildman–Crippen MR) is 65.9 cm³/mol. The molecule has 2 amide bonds. The summed E-state index contributed by atoms with van der Waals surface area (Å²) in [7, 11) is 0. The third-order valence-electron chi connectivity index (χ3n) is 3.57. The van der Waals surface area contributed by atoms with Gasteiger partial charge in [-0.15, -0.1) is 0 Å². The second-order valence-electron chi connectivity index (χ2n) is 5.29. The van der Waals surface area contributed by atoms with E-state index in [1.807, 2.05) is 20.8 Å². The van der Waals surface area contributed by atoms with Crippen molar-refractivity contribution in [3.05, 3.63) is 0 Å². The fraction of sp³-hybridized carbons (Fsp3) is 0.833. The van der Waals surface area contributed by atoms with E-state index in [1.165, 1.54) is 0 Å². The Labute approximate surface area is 103 Å². The Bertz CT molecular complexity index is 304. The van der Waals surface area contributed by atoms with Crippen molar-refractivity contribution in [2.24, 2.45) is 23.3 Å². The van der Waals surface area contributed by atoms with Crippen LogP contribution >= 0.6 is 0 Å². The molecule has 5 heteroatoms. The van der Waals surface area contributed by atoms with Crippen LogP contribution in [0.3, 0.4) is 0 Å². The van der Waals surface area contributed by atoms with E-state index in [0.29, 0.717) is 6.54 Å². The van der Waals surface area contributed by atoms with Crippen molar-refractivity contribution in [2.45, 2.75) is 45.7 Å². The Hall–Kier alpha value is -1.10. The molecule has 0 aromatic heterocycles. The summed E-state index contributed by atoms with van der Waals surface area (Å²) in [5.41, 5.74) is 11.2. The van der Waals surface area contributed by atoms with E-state index < -0.39 is 6.04 Å².